The van der Waals surface area contributed by atoms with Gasteiger partial charge < -0.3 is 4.89 Å². The van der Waals surface area contributed by atoms with Crippen molar-refractivity contribution < 1.29 is 65.4 Å². The molecule has 0 aromatic heterocycles. The number of hydrogen-bond acceptors (Lipinski definition) is 3. The second-order valence-corrected chi connectivity index (χ2v) is 2.69. The van der Waals surface area contributed by atoms with Crippen molar-refractivity contribution in [1.82, 2.24) is 0 Å². The fourth-order valence-corrected chi connectivity index (χ4v) is 0.956. The van der Waals surface area contributed by atoms with E-state index in [2.05, 4.69) is 4.52 Å². The van der Waals surface area contributed by atoms with E-state index in [4.69, 9.17) is 0 Å². The van der Waals surface area contributed by atoms with Gasteiger partial charge in [-0.1, -0.05) is 30.3 Å². The molecular formula is C7H7KO3P+. The average Bonchev–Trinajstić information content (AvgIpc) is 2.03. The van der Waals surface area contributed by atoms with E-state index in [1.807, 2.05) is 18.2 Å². The predicted molar refractivity (Wildman–Crippen MR) is 38.8 cm³/mol. The maximum Gasteiger partial charge on any atom is 1.00 e. The second-order valence-electron chi connectivity index (χ2n) is 1.98. The molecule has 0 radical (unpaired) electrons. The molecule has 0 N–H and O–H groups in total. The smallest absolute Gasteiger partial charge is 0.566 e. The van der Waals surface area contributed by atoms with Crippen LogP contribution < -0.4 is 56.3 Å². The van der Waals surface area contributed by atoms with E-state index in [1.165, 1.54) is 0 Å². The summed E-state index contributed by atoms with van der Waals surface area (Å²) in [5, 5.41) is 0. The Morgan fingerprint density at radius 2 is 1.92 bits per heavy atom. The summed E-state index contributed by atoms with van der Waals surface area (Å²) < 4.78 is 14.4. The molecule has 1 atom stereocenters. The van der Waals surface area contributed by atoms with Crippen LogP contribution in [0.3, 0.4) is 0 Å². The predicted octanol–water partition coefficient (Wildman–Crippen LogP) is -1.78. The van der Waals surface area contributed by atoms with Gasteiger partial charge in [-0.3, -0.25) is 0 Å². The quantitative estimate of drug-likeness (QED) is 0.437. The van der Waals surface area contributed by atoms with Crippen LogP contribution in [0.5, 0.6) is 0 Å². The van der Waals surface area contributed by atoms with Crippen molar-refractivity contribution in [1.29, 1.82) is 0 Å². The maximum atomic E-state index is 9.99. The molecule has 58 valence electrons. The molecule has 0 saturated heterocycles. The van der Waals surface area contributed by atoms with Gasteiger partial charge in [-0.25, -0.2) is 0 Å². The molecule has 0 bridgehead atoms. The normalized spacial score (nSPS) is 10.2. The van der Waals surface area contributed by atoms with Crippen LogP contribution in [0.15, 0.2) is 30.3 Å². The fraction of sp³-hybridized carbons (Fsp3) is 0.143. The summed E-state index contributed by atoms with van der Waals surface area (Å²) in [6, 6.07) is 9.13. The minimum atomic E-state index is -2.72. The van der Waals surface area contributed by atoms with Crippen LogP contribution >= 0.6 is 8.25 Å². The Labute approximate surface area is 115 Å². The summed E-state index contributed by atoms with van der Waals surface area (Å²) in [4.78, 5) is 9.99. The van der Waals surface area contributed by atoms with E-state index in [0.717, 1.165) is 5.56 Å². The van der Waals surface area contributed by atoms with Crippen LogP contribution in [-0.2, 0) is 15.7 Å². The SMILES string of the molecule is O=[P+]([O-])OCc1ccccc1.[K+]. The zero-order valence-electron chi connectivity index (χ0n) is 6.77. The molecule has 0 saturated carbocycles. The first kappa shape index (κ1) is 12.9. The topological polar surface area (TPSA) is 49.4 Å². The first-order chi connectivity index (χ1) is 5.29. The Bertz CT molecular complexity index is 240. The van der Waals surface area contributed by atoms with Crippen molar-refractivity contribution in [3.8, 4) is 0 Å². The molecule has 1 aromatic carbocycles. The van der Waals surface area contributed by atoms with Crippen molar-refractivity contribution in [2.75, 3.05) is 0 Å². The van der Waals surface area contributed by atoms with Gasteiger partial charge in [-0.05, 0) is 10.1 Å². The third kappa shape index (κ3) is 5.51. The molecule has 5 heteroatoms. The van der Waals surface area contributed by atoms with Gasteiger partial charge in [0.15, 0.2) is 0 Å². The molecule has 1 unspecified atom stereocenters. The number of rotatable bonds is 3. The first-order valence-corrected chi connectivity index (χ1v) is 4.20. The van der Waals surface area contributed by atoms with Crippen LogP contribution in [0, 0.1) is 0 Å². The van der Waals surface area contributed by atoms with E-state index in [1.54, 1.807) is 12.1 Å². The monoisotopic (exact) mass is 209 g/mol. The number of benzene rings is 1. The molecular weight excluding hydrogens is 202 g/mol. The van der Waals surface area contributed by atoms with Crippen molar-refractivity contribution in [3.05, 3.63) is 35.9 Å². The van der Waals surface area contributed by atoms with Gasteiger partial charge in [0, 0.05) is 0 Å². The van der Waals surface area contributed by atoms with E-state index in [0.29, 0.717) is 0 Å². The summed E-state index contributed by atoms with van der Waals surface area (Å²) in [7, 11) is -2.72. The minimum Gasteiger partial charge on any atom is -0.566 e. The van der Waals surface area contributed by atoms with E-state index >= 15 is 0 Å². The minimum absolute atomic E-state index is 0. The van der Waals surface area contributed by atoms with E-state index < -0.39 is 8.25 Å². The van der Waals surface area contributed by atoms with Crippen LogP contribution in [0.25, 0.3) is 0 Å². The van der Waals surface area contributed by atoms with Gasteiger partial charge in [0.05, 0.1) is 0 Å². The summed E-state index contributed by atoms with van der Waals surface area (Å²) in [5.74, 6) is 0. The first-order valence-electron chi connectivity index (χ1n) is 3.10. The molecule has 1 rings (SSSR count). The summed E-state index contributed by atoms with van der Waals surface area (Å²) in [5.41, 5.74) is 0.853. The molecule has 0 spiro atoms. The third-order valence-corrected chi connectivity index (χ3v) is 1.52. The average molecular weight is 209 g/mol. The Balaban J connectivity index is 0.00000121. The molecule has 0 aliphatic heterocycles. The van der Waals surface area contributed by atoms with Crippen LogP contribution in [-0.4, -0.2) is 0 Å². The summed E-state index contributed by atoms with van der Waals surface area (Å²) >= 11 is 0. The largest absolute Gasteiger partial charge is 1.00 e. The summed E-state index contributed by atoms with van der Waals surface area (Å²) in [6.45, 7) is 0.125. The van der Waals surface area contributed by atoms with Crippen molar-refractivity contribution in [2.45, 2.75) is 6.61 Å². The van der Waals surface area contributed by atoms with Crippen molar-refractivity contribution >= 4 is 8.25 Å². The number of hydrogen-bond donors (Lipinski definition) is 0. The standard InChI is InChI=1S/C7H7O3P.K/c8-11(9)10-6-7-4-2-1-3-5-7;/h1-5H,6H2;/q;+1. The van der Waals surface area contributed by atoms with Crippen LogP contribution in [0.1, 0.15) is 5.56 Å². The van der Waals surface area contributed by atoms with E-state index in [9.17, 15) is 9.46 Å². The molecule has 12 heavy (non-hydrogen) atoms. The fourth-order valence-electron chi connectivity index (χ4n) is 0.701. The molecule has 0 aliphatic rings. The van der Waals surface area contributed by atoms with Gasteiger partial charge in [-0.15, -0.1) is 4.52 Å². The van der Waals surface area contributed by atoms with Crippen LogP contribution in [0.2, 0.25) is 0 Å². The van der Waals surface area contributed by atoms with Gasteiger partial charge in [0.25, 0.3) is 0 Å². The Kier molecular flexibility index (Phi) is 7.83. The molecule has 0 heterocycles. The van der Waals surface area contributed by atoms with Gasteiger partial charge in [0.1, 0.15) is 6.61 Å². The zero-order chi connectivity index (χ0) is 8.10. The Hall–Kier alpha value is 0.876. The Morgan fingerprint density at radius 1 is 1.33 bits per heavy atom. The molecule has 3 nitrogen and oxygen atoms in total. The Morgan fingerprint density at radius 3 is 2.42 bits per heavy atom. The van der Waals surface area contributed by atoms with Crippen molar-refractivity contribution in [3.63, 3.8) is 0 Å². The van der Waals surface area contributed by atoms with E-state index in [-0.39, 0.29) is 58.0 Å². The molecule has 0 aliphatic carbocycles. The van der Waals surface area contributed by atoms with Gasteiger partial charge in [0.2, 0.25) is 0 Å². The molecule has 0 fully saturated rings. The van der Waals surface area contributed by atoms with Crippen molar-refractivity contribution in [2.24, 2.45) is 0 Å². The third-order valence-electron chi connectivity index (χ3n) is 1.18. The maximum absolute atomic E-state index is 9.99. The molecule has 1 aromatic rings. The van der Waals surface area contributed by atoms with Crippen LogP contribution in [0.4, 0.5) is 0 Å². The van der Waals surface area contributed by atoms with Gasteiger partial charge >= 0.3 is 59.6 Å². The summed E-state index contributed by atoms with van der Waals surface area (Å²) in [6.07, 6.45) is 0. The van der Waals surface area contributed by atoms with Gasteiger partial charge in [-0.2, -0.15) is 0 Å². The second kappa shape index (κ2) is 7.30. The zero-order valence-corrected chi connectivity index (χ0v) is 10.8. The molecule has 0 amide bonds.